The first-order valence-electron chi connectivity index (χ1n) is 3.72. The van der Waals surface area contributed by atoms with Gasteiger partial charge in [-0.1, -0.05) is 0 Å². The molecule has 0 aliphatic carbocycles. The van der Waals surface area contributed by atoms with Gasteiger partial charge in [-0.3, -0.25) is 0 Å². The van der Waals surface area contributed by atoms with Crippen LogP contribution in [0.2, 0.25) is 0 Å². The Hall–Kier alpha value is -1.58. The van der Waals surface area contributed by atoms with Crippen LogP contribution in [0.5, 0.6) is 0 Å². The number of nitrogens with two attached hydrogens (primary N) is 1. The van der Waals surface area contributed by atoms with E-state index >= 15 is 0 Å². The summed E-state index contributed by atoms with van der Waals surface area (Å²) in [5.74, 6) is 0.323. The summed E-state index contributed by atoms with van der Waals surface area (Å²) in [5, 5.41) is 1.06. The number of anilines is 1. The molecular formula is C8H10N4. The summed E-state index contributed by atoms with van der Waals surface area (Å²) in [4.78, 5) is 8.06. The molecule has 2 N–H and O–H groups in total. The van der Waals surface area contributed by atoms with Gasteiger partial charge in [0.2, 0.25) is 5.95 Å². The SMILES string of the molecule is Cc1cn(C)c2nc(N)ncc12. The lowest BCUT2D eigenvalue weighted by molar-refractivity contribution is 0.942. The summed E-state index contributed by atoms with van der Waals surface area (Å²) < 4.78 is 1.95. The number of nitrogen functional groups attached to an aromatic ring is 1. The number of fused-ring (bicyclic) bond motifs is 1. The van der Waals surface area contributed by atoms with E-state index in [1.54, 1.807) is 6.20 Å². The summed E-state index contributed by atoms with van der Waals surface area (Å²) in [6.45, 7) is 2.03. The van der Waals surface area contributed by atoms with Crippen molar-refractivity contribution in [3.63, 3.8) is 0 Å². The van der Waals surface area contributed by atoms with Crippen LogP contribution in [0.25, 0.3) is 11.0 Å². The molecule has 0 fully saturated rings. The van der Waals surface area contributed by atoms with Crippen LogP contribution in [-0.2, 0) is 7.05 Å². The first kappa shape index (κ1) is 7.09. The molecule has 0 aliphatic heterocycles. The van der Waals surface area contributed by atoms with Crippen LogP contribution in [0.3, 0.4) is 0 Å². The minimum atomic E-state index is 0.323. The van der Waals surface area contributed by atoms with Crippen LogP contribution in [0.4, 0.5) is 5.95 Å². The molecule has 0 atom stereocenters. The largest absolute Gasteiger partial charge is 0.368 e. The molecule has 0 aliphatic rings. The molecule has 2 aromatic rings. The summed E-state index contributed by atoms with van der Waals surface area (Å²) in [6, 6.07) is 0. The summed E-state index contributed by atoms with van der Waals surface area (Å²) >= 11 is 0. The maximum Gasteiger partial charge on any atom is 0.221 e. The van der Waals surface area contributed by atoms with Crippen LogP contribution in [0.1, 0.15) is 5.56 Å². The number of hydrogen-bond acceptors (Lipinski definition) is 3. The number of nitrogens with zero attached hydrogens (tertiary/aromatic N) is 3. The van der Waals surface area contributed by atoms with Crippen molar-refractivity contribution in [1.29, 1.82) is 0 Å². The molecule has 0 aromatic carbocycles. The van der Waals surface area contributed by atoms with E-state index in [0.29, 0.717) is 5.95 Å². The highest BCUT2D eigenvalue weighted by atomic mass is 15.1. The fourth-order valence-corrected chi connectivity index (χ4v) is 1.35. The van der Waals surface area contributed by atoms with Crippen LogP contribution < -0.4 is 5.73 Å². The van der Waals surface area contributed by atoms with Crippen molar-refractivity contribution in [3.05, 3.63) is 18.0 Å². The zero-order valence-electron chi connectivity index (χ0n) is 7.07. The summed E-state index contributed by atoms with van der Waals surface area (Å²) in [5.41, 5.74) is 7.53. The number of aromatic nitrogens is 3. The lowest BCUT2D eigenvalue weighted by Crippen LogP contribution is -1.96. The van der Waals surface area contributed by atoms with E-state index in [2.05, 4.69) is 9.97 Å². The minimum Gasteiger partial charge on any atom is -0.368 e. The maximum atomic E-state index is 5.47. The van der Waals surface area contributed by atoms with Gasteiger partial charge in [-0.2, -0.15) is 4.98 Å². The smallest absolute Gasteiger partial charge is 0.221 e. The van der Waals surface area contributed by atoms with E-state index in [9.17, 15) is 0 Å². The molecule has 0 unspecified atom stereocenters. The van der Waals surface area contributed by atoms with Crippen molar-refractivity contribution in [2.45, 2.75) is 6.92 Å². The Labute approximate surface area is 70.0 Å². The lowest BCUT2D eigenvalue weighted by Gasteiger charge is -1.94. The standard InChI is InChI=1S/C8H10N4/c1-5-4-12(2)7-6(5)3-10-8(9)11-7/h3-4H,1-2H3,(H2,9,10,11). The average molecular weight is 162 g/mol. The van der Waals surface area contributed by atoms with Crippen molar-refractivity contribution in [3.8, 4) is 0 Å². The van der Waals surface area contributed by atoms with Gasteiger partial charge in [-0.05, 0) is 12.5 Å². The monoisotopic (exact) mass is 162 g/mol. The van der Waals surface area contributed by atoms with Gasteiger partial charge in [-0.25, -0.2) is 4.98 Å². The topological polar surface area (TPSA) is 56.7 Å². The molecule has 0 saturated carbocycles. The fourth-order valence-electron chi connectivity index (χ4n) is 1.35. The number of hydrogen-bond donors (Lipinski definition) is 1. The van der Waals surface area contributed by atoms with E-state index in [4.69, 9.17) is 5.73 Å². The molecule has 62 valence electrons. The molecule has 0 radical (unpaired) electrons. The molecule has 0 spiro atoms. The van der Waals surface area contributed by atoms with Gasteiger partial charge < -0.3 is 10.3 Å². The minimum absolute atomic E-state index is 0.323. The quantitative estimate of drug-likeness (QED) is 0.625. The fraction of sp³-hybridized carbons (Fsp3) is 0.250. The Morgan fingerprint density at radius 3 is 3.00 bits per heavy atom. The van der Waals surface area contributed by atoms with Gasteiger partial charge in [-0.15, -0.1) is 0 Å². The Morgan fingerprint density at radius 2 is 2.25 bits per heavy atom. The van der Waals surface area contributed by atoms with Gasteiger partial charge in [0, 0.05) is 24.8 Å². The molecule has 0 saturated heterocycles. The zero-order chi connectivity index (χ0) is 8.72. The van der Waals surface area contributed by atoms with Crippen LogP contribution in [0, 0.1) is 6.92 Å². The Morgan fingerprint density at radius 1 is 1.50 bits per heavy atom. The number of rotatable bonds is 0. The van der Waals surface area contributed by atoms with Crippen molar-refractivity contribution in [2.24, 2.45) is 7.05 Å². The Kier molecular flexibility index (Phi) is 1.30. The first-order chi connectivity index (χ1) is 5.68. The second-order valence-electron chi connectivity index (χ2n) is 2.89. The molecule has 0 amide bonds. The molecule has 12 heavy (non-hydrogen) atoms. The van der Waals surface area contributed by atoms with Crippen molar-refractivity contribution < 1.29 is 0 Å². The van der Waals surface area contributed by atoms with Crippen molar-refractivity contribution >= 4 is 17.0 Å². The van der Waals surface area contributed by atoms with Gasteiger partial charge >= 0.3 is 0 Å². The first-order valence-corrected chi connectivity index (χ1v) is 3.72. The average Bonchev–Trinajstić information content (AvgIpc) is 2.28. The summed E-state index contributed by atoms with van der Waals surface area (Å²) in [6.07, 6.45) is 3.77. The Balaban J connectivity index is 2.90. The van der Waals surface area contributed by atoms with Crippen LogP contribution in [-0.4, -0.2) is 14.5 Å². The second kappa shape index (κ2) is 2.20. The van der Waals surface area contributed by atoms with Gasteiger partial charge in [0.25, 0.3) is 0 Å². The lowest BCUT2D eigenvalue weighted by atomic mass is 10.3. The predicted octanol–water partition coefficient (Wildman–Crippen LogP) is 0.859. The van der Waals surface area contributed by atoms with E-state index in [1.165, 1.54) is 5.56 Å². The predicted molar refractivity (Wildman–Crippen MR) is 47.7 cm³/mol. The molecule has 2 aromatic heterocycles. The van der Waals surface area contributed by atoms with E-state index in [1.807, 2.05) is 24.7 Å². The third-order valence-corrected chi connectivity index (χ3v) is 1.93. The molecular weight excluding hydrogens is 152 g/mol. The maximum absolute atomic E-state index is 5.47. The highest BCUT2D eigenvalue weighted by molar-refractivity contribution is 5.79. The molecule has 4 nitrogen and oxygen atoms in total. The van der Waals surface area contributed by atoms with E-state index in [0.717, 1.165) is 11.0 Å². The zero-order valence-corrected chi connectivity index (χ0v) is 7.07. The highest BCUT2D eigenvalue weighted by Gasteiger charge is 2.04. The highest BCUT2D eigenvalue weighted by Crippen LogP contribution is 2.16. The third kappa shape index (κ3) is 0.845. The van der Waals surface area contributed by atoms with Gasteiger partial charge in [0.15, 0.2) is 0 Å². The third-order valence-electron chi connectivity index (χ3n) is 1.93. The van der Waals surface area contributed by atoms with Crippen molar-refractivity contribution in [1.82, 2.24) is 14.5 Å². The van der Waals surface area contributed by atoms with Crippen LogP contribution >= 0.6 is 0 Å². The van der Waals surface area contributed by atoms with Gasteiger partial charge in [0.1, 0.15) is 5.65 Å². The molecule has 2 heterocycles. The Bertz CT molecular complexity index is 430. The van der Waals surface area contributed by atoms with E-state index < -0.39 is 0 Å². The van der Waals surface area contributed by atoms with Crippen molar-refractivity contribution in [2.75, 3.05) is 5.73 Å². The summed E-state index contributed by atoms with van der Waals surface area (Å²) in [7, 11) is 1.95. The van der Waals surface area contributed by atoms with E-state index in [-0.39, 0.29) is 0 Å². The molecule has 2 rings (SSSR count). The molecule has 0 bridgehead atoms. The second-order valence-corrected chi connectivity index (χ2v) is 2.89. The normalized spacial score (nSPS) is 10.8. The van der Waals surface area contributed by atoms with Gasteiger partial charge in [0.05, 0.1) is 0 Å². The van der Waals surface area contributed by atoms with Crippen LogP contribution in [0.15, 0.2) is 12.4 Å². The number of aryl methyl sites for hydroxylation is 2. The molecule has 4 heteroatoms.